The van der Waals surface area contributed by atoms with Crippen molar-refractivity contribution in [3.8, 4) is 5.75 Å². The predicted molar refractivity (Wildman–Crippen MR) is 76.0 cm³/mol. The van der Waals surface area contributed by atoms with Gasteiger partial charge in [-0.1, -0.05) is 30.3 Å². The molecule has 0 saturated carbocycles. The van der Waals surface area contributed by atoms with Crippen LogP contribution in [-0.2, 0) is 9.47 Å². The summed E-state index contributed by atoms with van der Waals surface area (Å²) in [5, 5.41) is 12.5. The molecule has 1 aliphatic heterocycles. The van der Waals surface area contributed by atoms with Gasteiger partial charge in [0.2, 0.25) is 0 Å². The molecule has 106 valence electrons. The van der Waals surface area contributed by atoms with Crippen LogP contribution >= 0.6 is 0 Å². The molecule has 20 heavy (non-hydrogen) atoms. The lowest BCUT2D eigenvalue weighted by Gasteiger charge is -2.28. The van der Waals surface area contributed by atoms with Gasteiger partial charge in [-0.05, 0) is 17.0 Å². The fourth-order valence-electron chi connectivity index (χ4n) is 2.62. The Morgan fingerprint density at radius 3 is 2.65 bits per heavy atom. The molecule has 1 saturated heterocycles. The molecule has 2 atom stereocenters. The Balaban J connectivity index is 2.02. The van der Waals surface area contributed by atoms with Crippen LogP contribution in [0.2, 0.25) is 0 Å². The average Bonchev–Trinajstić information content (AvgIpc) is 2.54. The lowest BCUT2D eigenvalue weighted by atomic mass is 9.96. The first-order valence-corrected chi connectivity index (χ1v) is 6.74. The van der Waals surface area contributed by atoms with Crippen molar-refractivity contribution in [2.24, 2.45) is 0 Å². The Bertz CT molecular complexity index is 590. The normalized spacial score (nSPS) is 20.8. The number of methoxy groups -OCH3 is 1. The van der Waals surface area contributed by atoms with E-state index in [0.29, 0.717) is 19.8 Å². The summed E-state index contributed by atoms with van der Waals surface area (Å²) in [6.45, 7) is 1.53. The molecule has 1 fully saturated rings. The quantitative estimate of drug-likeness (QED) is 0.933. The summed E-state index contributed by atoms with van der Waals surface area (Å²) in [4.78, 5) is 0. The Hall–Kier alpha value is -1.62. The molecule has 0 radical (unpaired) electrons. The summed E-state index contributed by atoms with van der Waals surface area (Å²) in [7, 11) is 1.65. The molecule has 2 aromatic carbocycles. The molecule has 1 N–H and O–H groups in total. The maximum absolute atomic E-state index is 10.6. The van der Waals surface area contributed by atoms with E-state index in [0.717, 1.165) is 22.1 Å². The van der Waals surface area contributed by atoms with Crippen LogP contribution in [0.1, 0.15) is 11.7 Å². The van der Waals surface area contributed by atoms with Crippen LogP contribution in [0.3, 0.4) is 0 Å². The molecule has 4 heteroatoms. The van der Waals surface area contributed by atoms with Crippen LogP contribution in [0, 0.1) is 0 Å². The molecule has 2 aromatic rings. The monoisotopic (exact) mass is 274 g/mol. The van der Waals surface area contributed by atoms with E-state index in [1.54, 1.807) is 7.11 Å². The van der Waals surface area contributed by atoms with Gasteiger partial charge in [0.15, 0.2) is 0 Å². The number of aliphatic hydroxyl groups excluding tert-OH is 1. The molecule has 0 bridgehead atoms. The van der Waals surface area contributed by atoms with E-state index in [-0.39, 0.29) is 6.10 Å². The van der Waals surface area contributed by atoms with Crippen LogP contribution < -0.4 is 4.74 Å². The minimum Gasteiger partial charge on any atom is -0.496 e. The van der Waals surface area contributed by atoms with Gasteiger partial charge >= 0.3 is 0 Å². The van der Waals surface area contributed by atoms with E-state index in [4.69, 9.17) is 14.2 Å². The Kier molecular flexibility index (Phi) is 3.87. The molecular formula is C16H18O4. The molecule has 1 heterocycles. The van der Waals surface area contributed by atoms with Crippen molar-refractivity contribution in [3.05, 3.63) is 42.0 Å². The second-order valence-electron chi connectivity index (χ2n) is 4.83. The van der Waals surface area contributed by atoms with Gasteiger partial charge in [0.1, 0.15) is 18.0 Å². The molecule has 0 spiro atoms. The van der Waals surface area contributed by atoms with E-state index < -0.39 is 6.10 Å². The third kappa shape index (κ3) is 2.38. The fraction of sp³-hybridized carbons (Fsp3) is 0.375. The van der Waals surface area contributed by atoms with Gasteiger partial charge in [-0.25, -0.2) is 0 Å². The number of ether oxygens (including phenoxy) is 3. The zero-order valence-corrected chi connectivity index (χ0v) is 11.4. The molecule has 1 aliphatic rings. The van der Waals surface area contributed by atoms with E-state index in [2.05, 4.69) is 0 Å². The number of hydrogen-bond acceptors (Lipinski definition) is 4. The topological polar surface area (TPSA) is 47.9 Å². The standard InChI is InChI=1S/C16H18O4/c1-18-14-7-6-13(11-4-2-3-5-12(11)14)16(17)15-10-19-8-9-20-15/h2-7,15-17H,8-10H2,1H3. The van der Waals surface area contributed by atoms with Gasteiger partial charge in [0, 0.05) is 5.39 Å². The number of fused-ring (bicyclic) bond motifs is 1. The predicted octanol–water partition coefficient (Wildman–Crippen LogP) is 2.30. The lowest BCUT2D eigenvalue weighted by molar-refractivity contribution is -0.133. The van der Waals surface area contributed by atoms with Crippen molar-refractivity contribution in [2.75, 3.05) is 26.9 Å². The second kappa shape index (κ2) is 5.79. The van der Waals surface area contributed by atoms with Gasteiger partial charge in [-0.15, -0.1) is 0 Å². The molecule has 0 amide bonds. The molecule has 4 nitrogen and oxygen atoms in total. The minimum atomic E-state index is -0.703. The highest BCUT2D eigenvalue weighted by molar-refractivity contribution is 5.91. The number of aliphatic hydroxyl groups is 1. The van der Waals surface area contributed by atoms with Crippen molar-refractivity contribution in [1.29, 1.82) is 0 Å². The average molecular weight is 274 g/mol. The highest BCUT2D eigenvalue weighted by Crippen LogP contribution is 2.33. The molecule has 2 unspecified atom stereocenters. The summed E-state index contributed by atoms with van der Waals surface area (Å²) in [5.74, 6) is 0.803. The van der Waals surface area contributed by atoms with E-state index in [9.17, 15) is 5.11 Å². The van der Waals surface area contributed by atoms with Crippen LogP contribution in [0.25, 0.3) is 10.8 Å². The Labute approximate surface area is 117 Å². The van der Waals surface area contributed by atoms with Gasteiger partial charge in [-0.3, -0.25) is 0 Å². The van der Waals surface area contributed by atoms with Crippen molar-refractivity contribution in [3.63, 3.8) is 0 Å². The molecule has 0 aromatic heterocycles. The van der Waals surface area contributed by atoms with Gasteiger partial charge in [0.25, 0.3) is 0 Å². The first-order valence-electron chi connectivity index (χ1n) is 6.74. The summed E-state index contributed by atoms with van der Waals surface area (Å²) < 4.78 is 16.3. The van der Waals surface area contributed by atoms with Gasteiger partial charge in [-0.2, -0.15) is 0 Å². The van der Waals surface area contributed by atoms with Crippen molar-refractivity contribution < 1.29 is 19.3 Å². The second-order valence-corrected chi connectivity index (χ2v) is 4.83. The van der Waals surface area contributed by atoms with Gasteiger partial charge < -0.3 is 19.3 Å². The SMILES string of the molecule is COc1ccc(C(O)C2COCCO2)c2ccccc12. The highest BCUT2D eigenvalue weighted by Gasteiger charge is 2.26. The Morgan fingerprint density at radius 2 is 1.95 bits per heavy atom. The zero-order chi connectivity index (χ0) is 13.9. The summed E-state index contributed by atoms with van der Waals surface area (Å²) >= 11 is 0. The van der Waals surface area contributed by atoms with E-state index >= 15 is 0 Å². The van der Waals surface area contributed by atoms with Crippen LogP contribution in [0.5, 0.6) is 5.75 Å². The molecule has 0 aliphatic carbocycles. The first-order chi connectivity index (χ1) is 9.81. The Morgan fingerprint density at radius 1 is 1.15 bits per heavy atom. The largest absolute Gasteiger partial charge is 0.496 e. The van der Waals surface area contributed by atoms with Crippen molar-refractivity contribution >= 4 is 10.8 Å². The number of hydrogen-bond donors (Lipinski definition) is 1. The fourth-order valence-corrected chi connectivity index (χ4v) is 2.62. The molecule has 3 rings (SSSR count). The minimum absolute atomic E-state index is 0.319. The first kappa shape index (κ1) is 13.4. The highest BCUT2D eigenvalue weighted by atomic mass is 16.6. The summed E-state index contributed by atoms with van der Waals surface area (Å²) in [6.07, 6.45) is -1.02. The van der Waals surface area contributed by atoms with Crippen LogP contribution in [0.4, 0.5) is 0 Å². The number of benzene rings is 2. The lowest BCUT2D eigenvalue weighted by Crippen LogP contribution is -2.33. The van der Waals surface area contributed by atoms with E-state index in [1.807, 2.05) is 36.4 Å². The van der Waals surface area contributed by atoms with Crippen molar-refractivity contribution in [2.45, 2.75) is 12.2 Å². The number of rotatable bonds is 3. The zero-order valence-electron chi connectivity index (χ0n) is 11.4. The third-order valence-electron chi connectivity index (χ3n) is 3.65. The van der Waals surface area contributed by atoms with E-state index in [1.165, 1.54) is 0 Å². The smallest absolute Gasteiger partial charge is 0.126 e. The maximum Gasteiger partial charge on any atom is 0.126 e. The van der Waals surface area contributed by atoms with Crippen molar-refractivity contribution in [1.82, 2.24) is 0 Å². The summed E-state index contributed by atoms with van der Waals surface area (Å²) in [5.41, 5.74) is 0.844. The molecular weight excluding hydrogens is 256 g/mol. The third-order valence-corrected chi connectivity index (χ3v) is 3.65. The van der Waals surface area contributed by atoms with Gasteiger partial charge in [0.05, 0.1) is 26.9 Å². The van der Waals surface area contributed by atoms with Crippen LogP contribution in [0.15, 0.2) is 36.4 Å². The maximum atomic E-state index is 10.6. The van der Waals surface area contributed by atoms with Crippen LogP contribution in [-0.4, -0.2) is 38.1 Å². The summed E-state index contributed by atoms with van der Waals surface area (Å²) in [6, 6.07) is 11.7.